The number of carboxylic acids is 1. The molecule has 6 amide bonds. The van der Waals surface area contributed by atoms with Crippen LogP contribution in [0.2, 0.25) is 0 Å². The van der Waals surface area contributed by atoms with Crippen molar-refractivity contribution < 1.29 is 43.8 Å². The van der Waals surface area contributed by atoms with E-state index in [2.05, 4.69) is 26.3 Å². The molecule has 14 N–H and O–H groups in total. The van der Waals surface area contributed by atoms with Gasteiger partial charge in [0.05, 0.1) is 6.61 Å². The summed E-state index contributed by atoms with van der Waals surface area (Å²) in [7, 11) is 0. The van der Waals surface area contributed by atoms with Crippen LogP contribution in [0, 0.1) is 5.92 Å². The minimum atomic E-state index is -1.21. The second-order valence-corrected chi connectivity index (χ2v) is 15.8. The van der Waals surface area contributed by atoms with Gasteiger partial charge >= 0.3 is 5.97 Å². The molecule has 3 rings (SSSR count). The fraction of sp³-hybridized carbons (Fsp3) is 0.650. The van der Waals surface area contributed by atoms with E-state index >= 15 is 0 Å². The van der Waals surface area contributed by atoms with Crippen LogP contribution in [0.3, 0.4) is 0 Å². The van der Waals surface area contributed by atoms with Crippen molar-refractivity contribution in [2.75, 3.05) is 32.8 Å². The van der Waals surface area contributed by atoms with Crippen molar-refractivity contribution in [3.63, 3.8) is 0 Å². The van der Waals surface area contributed by atoms with Gasteiger partial charge in [-0.3, -0.25) is 33.8 Å². The second-order valence-electron chi connectivity index (χ2n) is 15.8. The molecule has 334 valence electrons. The van der Waals surface area contributed by atoms with Gasteiger partial charge in [0.15, 0.2) is 5.96 Å². The van der Waals surface area contributed by atoms with Crippen molar-refractivity contribution >= 4 is 47.4 Å². The number of carbonyl (C=O) groups excluding carboxylic acids is 6. The van der Waals surface area contributed by atoms with Crippen LogP contribution in [-0.2, 0) is 40.0 Å². The van der Waals surface area contributed by atoms with Gasteiger partial charge in [-0.2, -0.15) is 0 Å². The second kappa shape index (κ2) is 24.7. The van der Waals surface area contributed by atoms with Gasteiger partial charge in [-0.15, -0.1) is 0 Å². The van der Waals surface area contributed by atoms with Crippen molar-refractivity contribution in [1.82, 2.24) is 31.1 Å². The molecule has 2 saturated heterocycles. The molecule has 7 unspecified atom stereocenters. The standard InChI is InChI=1S/C40H65N11O9/c1-24(2)21-30(39(59)60)49-33(53)27(13-6-7-17-41)46-35(55)32-16-10-20-51(32)38(58)28(14-8-18-45-40(43)44)47-34(54)29(22-25-11-4-3-5-12-25)48-36(56)31-15-9-19-50(31)37(57)26(42)23-52/h3-5,11-12,24,26-32,52H,6-10,13-23,41-42H2,1-2H3,(H,46,55)(H,47,54)(H,48,56)(H,49,53)(H,59,60)(H4,43,44,45). The number of carbonyl (C=O) groups is 7. The molecule has 1 aromatic rings. The maximum Gasteiger partial charge on any atom is 0.326 e. The number of guanidine groups is 1. The highest BCUT2D eigenvalue weighted by Gasteiger charge is 2.41. The molecule has 1 aromatic carbocycles. The highest BCUT2D eigenvalue weighted by molar-refractivity contribution is 5.97. The number of aliphatic hydroxyl groups is 1. The molecule has 0 bridgehead atoms. The average Bonchev–Trinajstić information content (AvgIpc) is 3.91. The quantitative estimate of drug-likeness (QED) is 0.0300. The smallest absolute Gasteiger partial charge is 0.326 e. The van der Waals surface area contributed by atoms with Crippen LogP contribution in [0.15, 0.2) is 35.3 Å². The molecule has 60 heavy (non-hydrogen) atoms. The van der Waals surface area contributed by atoms with Gasteiger partial charge in [-0.25, -0.2) is 4.79 Å². The zero-order valence-corrected chi connectivity index (χ0v) is 34.7. The van der Waals surface area contributed by atoms with E-state index in [4.69, 9.17) is 22.9 Å². The summed E-state index contributed by atoms with van der Waals surface area (Å²) in [6.45, 7) is 3.95. The lowest BCUT2D eigenvalue weighted by Gasteiger charge is -2.31. The third-order valence-electron chi connectivity index (χ3n) is 10.6. The first kappa shape index (κ1) is 49.0. The summed E-state index contributed by atoms with van der Waals surface area (Å²) < 4.78 is 0. The molecule has 2 aliphatic heterocycles. The van der Waals surface area contributed by atoms with E-state index in [-0.39, 0.29) is 70.0 Å². The molecule has 0 radical (unpaired) electrons. The van der Waals surface area contributed by atoms with Crippen LogP contribution >= 0.6 is 0 Å². The number of benzene rings is 1. The number of likely N-dealkylation sites (tertiary alicyclic amines) is 2. The fourth-order valence-corrected chi connectivity index (χ4v) is 7.45. The Balaban J connectivity index is 1.87. The van der Waals surface area contributed by atoms with Gasteiger partial charge < -0.3 is 64.2 Å². The van der Waals surface area contributed by atoms with Crippen LogP contribution in [0.25, 0.3) is 0 Å². The predicted molar refractivity (Wildman–Crippen MR) is 222 cm³/mol. The van der Waals surface area contributed by atoms with E-state index in [1.165, 1.54) is 9.80 Å². The van der Waals surface area contributed by atoms with E-state index in [1.807, 2.05) is 13.8 Å². The highest BCUT2D eigenvalue weighted by atomic mass is 16.4. The maximum atomic E-state index is 14.4. The summed E-state index contributed by atoms with van der Waals surface area (Å²) in [6.07, 6.45) is 3.27. The zero-order chi connectivity index (χ0) is 44.4. The maximum absolute atomic E-state index is 14.4. The number of nitrogens with two attached hydrogens (primary N) is 4. The molecule has 2 fully saturated rings. The van der Waals surface area contributed by atoms with Crippen molar-refractivity contribution in [2.45, 2.75) is 127 Å². The molecule has 0 aromatic heterocycles. The van der Waals surface area contributed by atoms with Crippen molar-refractivity contribution in [3.8, 4) is 0 Å². The molecule has 2 aliphatic rings. The molecular weight excluding hydrogens is 779 g/mol. The van der Waals surface area contributed by atoms with Crippen LogP contribution < -0.4 is 44.2 Å². The Morgan fingerprint density at radius 3 is 1.87 bits per heavy atom. The molecular formula is C40H65N11O9. The van der Waals surface area contributed by atoms with Gasteiger partial charge in [0.1, 0.15) is 42.3 Å². The molecule has 7 atom stereocenters. The Bertz CT molecular complexity index is 1640. The molecule has 0 saturated carbocycles. The van der Waals surface area contributed by atoms with Crippen LogP contribution in [0.5, 0.6) is 0 Å². The highest BCUT2D eigenvalue weighted by Crippen LogP contribution is 2.22. The Labute approximate surface area is 351 Å². The normalized spacial score (nSPS) is 18.8. The lowest BCUT2D eigenvalue weighted by Crippen LogP contribution is -2.59. The van der Waals surface area contributed by atoms with Gasteiger partial charge in [0.2, 0.25) is 35.4 Å². The Morgan fingerprint density at radius 1 is 0.767 bits per heavy atom. The van der Waals surface area contributed by atoms with Crippen LogP contribution in [0.4, 0.5) is 0 Å². The Kier molecular flexibility index (Phi) is 20.2. The fourth-order valence-electron chi connectivity index (χ4n) is 7.45. The summed E-state index contributed by atoms with van der Waals surface area (Å²) in [5, 5.41) is 30.1. The summed E-state index contributed by atoms with van der Waals surface area (Å²) in [4.78, 5) is 101. The summed E-state index contributed by atoms with van der Waals surface area (Å²) in [5.74, 6) is -5.12. The molecule has 0 spiro atoms. The van der Waals surface area contributed by atoms with Crippen molar-refractivity contribution in [2.24, 2.45) is 33.8 Å². The number of aliphatic carboxylic acids is 1. The Morgan fingerprint density at radius 2 is 1.32 bits per heavy atom. The lowest BCUT2D eigenvalue weighted by molar-refractivity contribution is -0.144. The third-order valence-corrected chi connectivity index (χ3v) is 10.6. The number of nitrogens with one attached hydrogen (secondary N) is 4. The number of rotatable bonds is 24. The number of amides is 6. The van der Waals surface area contributed by atoms with E-state index in [1.54, 1.807) is 30.3 Å². The first-order chi connectivity index (χ1) is 28.6. The SMILES string of the molecule is CC(C)CC(NC(=O)C(CCCCN)NC(=O)C1CCCN1C(=O)C(CCCN=C(N)N)NC(=O)C(Cc1ccccc1)NC(=O)C1CCCN1C(=O)C(N)CO)C(=O)O. The number of carboxylic acid groups (broad SMARTS) is 1. The van der Waals surface area contributed by atoms with E-state index in [9.17, 15) is 43.8 Å². The van der Waals surface area contributed by atoms with Crippen LogP contribution in [-0.4, -0.2) is 142 Å². The number of aliphatic hydroxyl groups excluding tert-OH is 1. The summed E-state index contributed by atoms with van der Waals surface area (Å²) in [6, 6.07) is 1.08. The topological polar surface area (TPSA) is 331 Å². The first-order valence-corrected chi connectivity index (χ1v) is 20.8. The Hall–Kier alpha value is -5.34. The van der Waals surface area contributed by atoms with E-state index in [0.717, 1.165) is 0 Å². The molecule has 2 heterocycles. The lowest BCUT2D eigenvalue weighted by atomic mass is 10.0. The van der Waals surface area contributed by atoms with Crippen LogP contribution in [0.1, 0.15) is 83.6 Å². The third kappa shape index (κ3) is 15.0. The number of nitrogens with zero attached hydrogens (tertiary/aromatic N) is 3. The monoisotopic (exact) mass is 843 g/mol. The molecule has 0 aliphatic carbocycles. The van der Waals surface area contributed by atoms with E-state index < -0.39 is 90.3 Å². The summed E-state index contributed by atoms with van der Waals surface area (Å²) >= 11 is 0. The molecule has 20 heteroatoms. The van der Waals surface area contributed by atoms with Crippen molar-refractivity contribution in [1.29, 1.82) is 0 Å². The van der Waals surface area contributed by atoms with Gasteiger partial charge in [-0.05, 0) is 82.2 Å². The zero-order valence-electron chi connectivity index (χ0n) is 34.7. The van der Waals surface area contributed by atoms with Gasteiger partial charge in [-0.1, -0.05) is 44.2 Å². The number of aliphatic imine (C=N–C) groups is 1. The number of hydrogen-bond donors (Lipinski definition) is 10. The van der Waals surface area contributed by atoms with Gasteiger partial charge in [0, 0.05) is 26.1 Å². The largest absolute Gasteiger partial charge is 0.480 e. The van der Waals surface area contributed by atoms with Gasteiger partial charge in [0.25, 0.3) is 0 Å². The number of hydrogen-bond acceptors (Lipinski definition) is 11. The minimum Gasteiger partial charge on any atom is -0.480 e. The minimum absolute atomic E-state index is 0.0299. The predicted octanol–water partition coefficient (Wildman–Crippen LogP) is -2.22. The van der Waals surface area contributed by atoms with Crippen molar-refractivity contribution in [3.05, 3.63) is 35.9 Å². The first-order valence-electron chi connectivity index (χ1n) is 20.8. The molecule has 20 nitrogen and oxygen atoms in total. The van der Waals surface area contributed by atoms with E-state index in [0.29, 0.717) is 44.2 Å². The number of unbranched alkanes of at least 4 members (excludes halogenated alkanes) is 1. The average molecular weight is 844 g/mol. The summed E-state index contributed by atoms with van der Waals surface area (Å²) in [5.41, 5.74) is 23.2.